The number of fused-ring (bicyclic) bond motifs is 6. The fraction of sp³-hybridized carbons (Fsp3) is 0.531. The molecule has 3 aliphatic rings. The predicted molar refractivity (Wildman–Crippen MR) is 254 cm³/mol. The van der Waals surface area contributed by atoms with E-state index in [2.05, 4.69) is 52.3 Å². The molecule has 6 heterocycles. The highest BCUT2D eigenvalue weighted by Gasteiger charge is 2.46. The molecule has 0 radical (unpaired) electrons. The summed E-state index contributed by atoms with van der Waals surface area (Å²) in [6.07, 6.45) is 2.71. The summed E-state index contributed by atoms with van der Waals surface area (Å²) in [5.41, 5.74) is 6.17. The maximum absolute atomic E-state index is 14.7. The van der Waals surface area contributed by atoms with Crippen LogP contribution in [0.1, 0.15) is 90.1 Å². The summed E-state index contributed by atoms with van der Waals surface area (Å²) < 4.78 is 14.0. The predicted octanol–water partition coefficient (Wildman–Crippen LogP) is 5.11. The van der Waals surface area contributed by atoms with Crippen LogP contribution in [0.4, 0.5) is 4.79 Å². The number of carbonyl (C=O) groups excluding carboxylic acids is 5. The second-order valence-corrected chi connectivity index (χ2v) is 19.7. The number of hydrazine groups is 1. The van der Waals surface area contributed by atoms with Crippen molar-refractivity contribution in [3.05, 3.63) is 58.2 Å². The number of thiazole rings is 1. The highest BCUT2D eigenvalue weighted by molar-refractivity contribution is 7.10. The average Bonchev–Trinajstić information content (AvgIpc) is 3.91. The normalized spacial score (nSPS) is 20.9. The van der Waals surface area contributed by atoms with Crippen molar-refractivity contribution in [1.82, 2.24) is 45.0 Å². The molecule has 6 bridgehead atoms. The molecule has 18 heteroatoms. The Hall–Kier alpha value is -5.87. The number of amides is 5. The van der Waals surface area contributed by atoms with Gasteiger partial charge in [0.2, 0.25) is 11.6 Å². The minimum absolute atomic E-state index is 0.0197. The van der Waals surface area contributed by atoms with Gasteiger partial charge in [-0.25, -0.2) is 14.6 Å². The Morgan fingerprint density at radius 1 is 1.12 bits per heavy atom. The van der Waals surface area contributed by atoms with Gasteiger partial charge in [0.05, 0.1) is 41.5 Å². The largest absolute Gasteiger partial charge is 0.462 e. The molecule has 5 amide bonds. The van der Waals surface area contributed by atoms with E-state index in [0.29, 0.717) is 43.2 Å². The molecule has 0 unspecified atom stereocenters. The number of benzene rings is 1. The van der Waals surface area contributed by atoms with Crippen LogP contribution in [0.3, 0.4) is 0 Å². The molecule has 3 aliphatic heterocycles. The zero-order chi connectivity index (χ0) is 48.4. The number of aryl methyl sites for hydroxylation is 1. The van der Waals surface area contributed by atoms with Gasteiger partial charge in [-0.3, -0.25) is 24.4 Å². The number of aliphatic hydroxyl groups is 1. The lowest BCUT2D eigenvalue weighted by molar-refractivity contribution is -0.189. The first-order valence-corrected chi connectivity index (χ1v) is 23.9. The molecule has 3 aromatic heterocycles. The maximum atomic E-state index is 14.7. The van der Waals surface area contributed by atoms with Crippen LogP contribution in [0.5, 0.6) is 0 Å². The van der Waals surface area contributed by atoms with E-state index in [1.807, 2.05) is 52.1 Å². The van der Waals surface area contributed by atoms with Crippen molar-refractivity contribution in [1.29, 1.82) is 0 Å². The van der Waals surface area contributed by atoms with Gasteiger partial charge in [0, 0.05) is 92.2 Å². The number of methoxy groups -OCH3 is 1. The van der Waals surface area contributed by atoms with Gasteiger partial charge >= 0.3 is 12.0 Å². The molecule has 0 aliphatic carbocycles. The van der Waals surface area contributed by atoms with Gasteiger partial charge in [0.25, 0.3) is 11.8 Å². The third kappa shape index (κ3) is 10.2. The van der Waals surface area contributed by atoms with E-state index in [4.69, 9.17) is 19.4 Å². The third-order valence-electron chi connectivity index (χ3n) is 12.9. The van der Waals surface area contributed by atoms with Crippen LogP contribution in [-0.2, 0) is 48.0 Å². The lowest BCUT2D eigenvalue weighted by atomic mass is 9.84. The second kappa shape index (κ2) is 20.2. The molecule has 0 saturated carbocycles. The first kappa shape index (κ1) is 49.0. The molecular formula is C49H63N9O8S. The smallest absolute Gasteiger partial charge is 0.355 e. The van der Waals surface area contributed by atoms with E-state index in [1.165, 1.54) is 38.1 Å². The number of esters is 1. The molecule has 3 N–H and O–H groups in total. The molecule has 7 rings (SSSR count). The van der Waals surface area contributed by atoms with Gasteiger partial charge < -0.3 is 39.2 Å². The Bertz CT molecular complexity index is 2600. The number of hydrogen-bond donors (Lipinski definition) is 3. The Morgan fingerprint density at radius 2 is 1.88 bits per heavy atom. The quantitative estimate of drug-likeness (QED) is 0.157. The number of cyclic esters (lactones) is 1. The summed E-state index contributed by atoms with van der Waals surface area (Å²) in [6.45, 7) is 14.9. The molecule has 2 fully saturated rings. The number of ether oxygens (including phenoxy) is 2. The van der Waals surface area contributed by atoms with Crippen molar-refractivity contribution >= 4 is 52.0 Å². The summed E-state index contributed by atoms with van der Waals surface area (Å²) in [5, 5.41) is 19.5. The van der Waals surface area contributed by atoms with Gasteiger partial charge in [-0.05, 0) is 81.7 Å². The standard InChI is InChI=1S/C49H63N9O8S/c1-10-15-40(59)55-21-14-22-56(29-55)47(63)54(8)42(30(3)4)44(60)52-36-25-39-51-37(27-67-39)32-17-18-38-34(24-32)35(43(57(38)11-2)33-16-12-20-50-41(33)31(5)65-9)26-48(6,7)28-66-46(62)49(64)19-13-23-58(53-49)45(36)61/h12,16-18,20,24,27,30-31,36,42,53,64H,11,13-14,19,21-23,25-26,28-29H2,1-9H3,(H,52,60)/t31-,36-,42-,49-/m0/s1. The molecule has 4 aromatic rings. The van der Waals surface area contributed by atoms with Gasteiger partial charge in [0.1, 0.15) is 12.1 Å². The van der Waals surface area contributed by atoms with Crippen molar-refractivity contribution < 1.29 is 38.6 Å². The zero-order valence-corrected chi connectivity index (χ0v) is 40.8. The molecular weight excluding hydrogens is 875 g/mol. The number of urea groups is 1. The summed E-state index contributed by atoms with van der Waals surface area (Å²) in [5.74, 6) is 2.26. The Kier molecular flexibility index (Phi) is 14.8. The first-order valence-electron chi connectivity index (χ1n) is 23.0. The van der Waals surface area contributed by atoms with E-state index in [0.717, 1.165) is 39.0 Å². The third-order valence-corrected chi connectivity index (χ3v) is 13.7. The fourth-order valence-electron chi connectivity index (χ4n) is 9.44. The summed E-state index contributed by atoms with van der Waals surface area (Å²) in [4.78, 5) is 83.9. The topological polar surface area (TPSA) is 192 Å². The van der Waals surface area contributed by atoms with Crippen molar-refractivity contribution in [3.63, 3.8) is 0 Å². The number of carbonyl (C=O) groups is 5. The van der Waals surface area contributed by atoms with Crippen LogP contribution in [0.15, 0.2) is 41.9 Å². The molecule has 1 aromatic carbocycles. The summed E-state index contributed by atoms with van der Waals surface area (Å²) >= 11 is 1.35. The zero-order valence-electron chi connectivity index (χ0n) is 40.0. The van der Waals surface area contributed by atoms with Crippen LogP contribution in [0, 0.1) is 23.2 Å². The van der Waals surface area contributed by atoms with Crippen molar-refractivity contribution in [2.24, 2.45) is 11.3 Å². The van der Waals surface area contributed by atoms with E-state index in [9.17, 15) is 29.1 Å². The molecule has 67 heavy (non-hydrogen) atoms. The van der Waals surface area contributed by atoms with Crippen LogP contribution in [0.2, 0.25) is 0 Å². The number of nitrogens with one attached hydrogen (secondary N) is 2. The number of likely N-dealkylation sites (N-methyl/N-ethyl adjacent to an activating group) is 1. The van der Waals surface area contributed by atoms with Crippen LogP contribution in [-0.4, -0.2) is 134 Å². The second-order valence-electron chi connectivity index (χ2n) is 18.8. The minimum atomic E-state index is -2.24. The number of pyridine rings is 1. The van der Waals surface area contributed by atoms with Crippen LogP contribution < -0.4 is 10.7 Å². The molecule has 0 spiro atoms. The van der Waals surface area contributed by atoms with Gasteiger partial charge in [-0.1, -0.05) is 39.7 Å². The summed E-state index contributed by atoms with van der Waals surface area (Å²) in [7, 11) is 3.20. The first-order chi connectivity index (χ1) is 31.9. The number of aromatic nitrogens is 3. The van der Waals surface area contributed by atoms with Crippen molar-refractivity contribution in [2.45, 2.75) is 111 Å². The monoisotopic (exact) mass is 937 g/mol. The summed E-state index contributed by atoms with van der Waals surface area (Å²) in [6, 6.07) is 7.53. The van der Waals surface area contributed by atoms with Crippen molar-refractivity contribution in [3.8, 4) is 34.4 Å². The fourth-order valence-corrected chi connectivity index (χ4v) is 10.3. The highest BCUT2D eigenvalue weighted by Crippen LogP contribution is 2.42. The SMILES string of the molecule is CC#CC(=O)N1CCCN(C(=O)N(C)[C@H](C(=O)N[C@H]2Cc3nc(cs3)-c3ccc4c(c3)c(c(-c3cccnc3[C@H](C)OC)n4CC)CC(C)(C)COC(=O)[C@@]3(O)CCCN(N3)C2=O)C(C)C)C1. The van der Waals surface area contributed by atoms with E-state index in [1.54, 1.807) is 20.2 Å². The maximum Gasteiger partial charge on any atom is 0.355 e. The van der Waals surface area contributed by atoms with Gasteiger partial charge in [0.15, 0.2) is 0 Å². The lowest BCUT2D eigenvalue weighted by Crippen LogP contribution is -2.67. The van der Waals surface area contributed by atoms with E-state index in [-0.39, 0.29) is 51.1 Å². The Balaban J connectivity index is 1.27. The number of nitrogens with zero attached hydrogens (tertiary/aromatic N) is 7. The minimum Gasteiger partial charge on any atom is -0.462 e. The van der Waals surface area contributed by atoms with Gasteiger partial charge in [-0.15, -0.1) is 11.3 Å². The van der Waals surface area contributed by atoms with Crippen LogP contribution >= 0.6 is 11.3 Å². The van der Waals surface area contributed by atoms with Crippen LogP contribution in [0.25, 0.3) is 33.4 Å². The lowest BCUT2D eigenvalue weighted by Gasteiger charge is -2.41. The van der Waals surface area contributed by atoms with E-state index >= 15 is 0 Å². The molecule has 17 nitrogen and oxygen atoms in total. The Labute approximate surface area is 396 Å². The number of rotatable bonds is 8. The van der Waals surface area contributed by atoms with Crippen molar-refractivity contribution in [2.75, 3.05) is 47.1 Å². The molecule has 2 saturated heterocycles. The highest BCUT2D eigenvalue weighted by atomic mass is 32.1. The number of hydrogen-bond acceptors (Lipinski definition) is 12. The van der Waals surface area contributed by atoms with Gasteiger partial charge in [-0.2, -0.15) is 5.43 Å². The molecule has 4 atom stereocenters. The molecule has 358 valence electrons. The van der Waals surface area contributed by atoms with E-state index < -0.39 is 53.0 Å². The average molecular weight is 938 g/mol. The Morgan fingerprint density at radius 3 is 2.60 bits per heavy atom.